The summed E-state index contributed by atoms with van der Waals surface area (Å²) in [5, 5.41) is 3.69. The van der Waals surface area contributed by atoms with Crippen molar-refractivity contribution < 1.29 is 0 Å². The third kappa shape index (κ3) is 3.73. The number of nitrogens with zero attached hydrogens (tertiary/aromatic N) is 1. The lowest BCUT2D eigenvalue weighted by atomic mass is 9.92. The molecule has 3 atom stereocenters. The average Bonchev–Trinajstić information content (AvgIpc) is 2.35. The molecule has 2 nitrogen and oxygen atoms in total. The quantitative estimate of drug-likeness (QED) is 0.755. The van der Waals surface area contributed by atoms with Gasteiger partial charge in [-0.1, -0.05) is 47.0 Å². The fourth-order valence-electron chi connectivity index (χ4n) is 2.86. The lowest BCUT2D eigenvalue weighted by Crippen LogP contribution is -2.62. The molecule has 1 saturated heterocycles. The molecule has 1 fully saturated rings. The summed E-state index contributed by atoms with van der Waals surface area (Å²) in [6.45, 7) is 13.6. The van der Waals surface area contributed by atoms with Gasteiger partial charge in [0.05, 0.1) is 6.04 Å². The Kier molecular flexibility index (Phi) is 6.18. The first kappa shape index (κ1) is 15.5. The molecule has 2 heteroatoms. The van der Waals surface area contributed by atoms with Crippen LogP contribution in [-0.4, -0.2) is 36.1 Å². The number of hydrogen-bond donors (Lipinski definition) is 1. The van der Waals surface area contributed by atoms with Gasteiger partial charge in [-0.3, -0.25) is 4.90 Å². The topological polar surface area (TPSA) is 15.3 Å². The van der Waals surface area contributed by atoms with E-state index in [1.54, 1.807) is 0 Å². The summed E-state index contributed by atoms with van der Waals surface area (Å²) in [6.07, 6.45) is 8.04. The van der Waals surface area contributed by atoms with Gasteiger partial charge >= 0.3 is 0 Å². The van der Waals surface area contributed by atoms with Crippen LogP contribution >= 0.6 is 0 Å². The standard InChI is InChI=1S/C16H30N2/c1-7-9-14(8-2)18-11-15(12(3)4)17-10-16(18)13(5)6/h2,12-17H,7,9-11H2,1,3-6H3. The van der Waals surface area contributed by atoms with E-state index < -0.39 is 0 Å². The smallest absolute Gasteiger partial charge is 0.0715 e. The van der Waals surface area contributed by atoms with Gasteiger partial charge in [0, 0.05) is 25.2 Å². The SMILES string of the molecule is C#CC(CCC)N1CC(C(C)C)NCC1C(C)C. The van der Waals surface area contributed by atoms with E-state index in [9.17, 15) is 0 Å². The van der Waals surface area contributed by atoms with Crippen LogP contribution in [0.1, 0.15) is 47.5 Å². The van der Waals surface area contributed by atoms with Gasteiger partial charge in [-0.05, 0) is 18.3 Å². The van der Waals surface area contributed by atoms with Crippen LogP contribution in [0.25, 0.3) is 0 Å². The highest BCUT2D eigenvalue weighted by molar-refractivity contribution is 5.04. The van der Waals surface area contributed by atoms with Crippen LogP contribution in [0.4, 0.5) is 0 Å². The summed E-state index contributed by atoms with van der Waals surface area (Å²) in [7, 11) is 0. The lowest BCUT2D eigenvalue weighted by Gasteiger charge is -2.46. The molecule has 1 aliphatic rings. The van der Waals surface area contributed by atoms with Gasteiger partial charge in [0.1, 0.15) is 0 Å². The van der Waals surface area contributed by atoms with Crippen molar-refractivity contribution >= 4 is 0 Å². The molecule has 0 aromatic heterocycles. The first-order valence-corrected chi connectivity index (χ1v) is 7.46. The molecule has 0 aromatic carbocycles. The molecule has 1 aliphatic heterocycles. The highest BCUT2D eigenvalue weighted by atomic mass is 15.3. The number of terminal acetylenes is 1. The molecule has 3 unspecified atom stereocenters. The van der Waals surface area contributed by atoms with Crippen LogP contribution in [0, 0.1) is 24.2 Å². The number of rotatable bonds is 5. The van der Waals surface area contributed by atoms with E-state index in [2.05, 4.69) is 50.8 Å². The molecule has 1 heterocycles. The zero-order valence-electron chi connectivity index (χ0n) is 12.7. The highest BCUT2D eigenvalue weighted by Crippen LogP contribution is 2.22. The molecule has 0 spiro atoms. The summed E-state index contributed by atoms with van der Waals surface area (Å²) < 4.78 is 0. The molecular weight excluding hydrogens is 220 g/mol. The first-order chi connectivity index (χ1) is 8.51. The number of hydrogen-bond acceptors (Lipinski definition) is 2. The van der Waals surface area contributed by atoms with Crippen LogP contribution in [0.2, 0.25) is 0 Å². The summed E-state index contributed by atoms with van der Waals surface area (Å²) in [5.74, 6) is 4.33. The van der Waals surface area contributed by atoms with Crippen molar-refractivity contribution in [1.29, 1.82) is 0 Å². The van der Waals surface area contributed by atoms with Gasteiger partial charge in [-0.15, -0.1) is 6.42 Å². The van der Waals surface area contributed by atoms with Gasteiger partial charge in [-0.2, -0.15) is 0 Å². The van der Waals surface area contributed by atoms with Crippen LogP contribution in [-0.2, 0) is 0 Å². The van der Waals surface area contributed by atoms with E-state index in [-0.39, 0.29) is 0 Å². The van der Waals surface area contributed by atoms with Crippen LogP contribution < -0.4 is 5.32 Å². The molecule has 104 valence electrons. The van der Waals surface area contributed by atoms with Crippen molar-refractivity contribution in [3.63, 3.8) is 0 Å². The third-order valence-electron chi connectivity index (χ3n) is 4.15. The Morgan fingerprint density at radius 2 is 1.94 bits per heavy atom. The second kappa shape index (κ2) is 7.16. The summed E-state index contributed by atoms with van der Waals surface area (Å²) in [4.78, 5) is 2.58. The molecule has 0 aliphatic carbocycles. The summed E-state index contributed by atoms with van der Waals surface area (Å²) in [5.41, 5.74) is 0. The lowest BCUT2D eigenvalue weighted by molar-refractivity contribution is 0.0617. The fourth-order valence-corrected chi connectivity index (χ4v) is 2.86. The molecule has 0 saturated carbocycles. The molecule has 0 radical (unpaired) electrons. The summed E-state index contributed by atoms with van der Waals surface area (Å²) >= 11 is 0. The maximum atomic E-state index is 5.76. The van der Waals surface area contributed by atoms with Gasteiger partial charge in [0.2, 0.25) is 0 Å². The maximum absolute atomic E-state index is 5.76. The average molecular weight is 250 g/mol. The Morgan fingerprint density at radius 3 is 2.39 bits per heavy atom. The number of piperazine rings is 1. The Labute approximate surface area is 114 Å². The van der Waals surface area contributed by atoms with E-state index in [0.29, 0.717) is 30.0 Å². The minimum Gasteiger partial charge on any atom is -0.311 e. The molecular formula is C16H30N2. The molecule has 18 heavy (non-hydrogen) atoms. The Balaban J connectivity index is 2.80. The molecule has 1 N–H and O–H groups in total. The minimum atomic E-state index is 0.311. The van der Waals surface area contributed by atoms with E-state index in [1.807, 2.05) is 0 Å². The van der Waals surface area contributed by atoms with E-state index in [1.165, 1.54) is 0 Å². The predicted octanol–water partition coefficient (Wildman–Crippen LogP) is 2.74. The number of nitrogens with one attached hydrogen (secondary N) is 1. The minimum absolute atomic E-state index is 0.311. The Hall–Kier alpha value is -0.520. The zero-order valence-corrected chi connectivity index (χ0v) is 12.7. The highest BCUT2D eigenvalue weighted by Gasteiger charge is 2.34. The van der Waals surface area contributed by atoms with Gasteiger partial charge in [0.25, 0.3) is 0 Å². The van der Waals surface area contributed by atoms with Gasteiger partial charge in [-0.25, -0.2) is 0 Å². The first-order valence-electron chi connectivity index (χ1n) is 7.46. The largest absolute Gasteiger partial charge is 0.311 e. The van der Waals surface area contributed by atoms with E-state index in [0.717, 1.165) is 25.9 Å². The normalized spacial score (nSPS) is 27.4. The van der Waals surface area contributed by atoms with Crippen LogP contribution in [0.3, 0.4) is 0 Å². The second-order valence-corrected chi connectivity index (χ2v) is 6.24. The zero-order chi connectivity index (χ0) is 13.7. The Morgan fingerprint density at radius 1 is 1.28 bits per heavy atom. The van der Waals surface area contributed by atoms with Crippen molar-refractivity contribution in [1.82, 2.24) is 10.2 Å². The molecule has 1 rings (SSSR count). The van der Waals surface area contributed by atoms with Crippen molar-refractivity contribution in [2.75, 3.05) is 13.1 Å². The predicted molar refractivity (Wildman–Crippen MR) is 79.5 cm³/mol. The van der Waals surface area contributed by atoms with Crippen molar-refractivity contribution in [3.05, 3.63) is 0 Å². The van der Waals surface area contributed by atoms with Gasteiger partial charge in [0.15, 0.2) is 0 Å². The monoisotopic (exact) mass is 250 g/mol. The second-order valence-electron chi connectivity index (χ2n) is 6.24. The third-order valence-corrected chi connectivity index (χ3v) is 4.15. The molecule has 0 aromatic rings. The van der Waals surface area contributed by atoms with Crippen molar-refractivity contribution in [2.45, 2.75) is 65.6 Å². The maximum Gasteiger partial charge on any atom is 0.0715 e. The van der Waals surface area contributed by atoms with Crippen molar-refractivity contribution in [3.8, 4) is 12.3 Å². The van der Waals surface area contributed by atoms with Crippen molar-refractivity contribution in [2.24, 2.45) is 11.8 Å². The van der Waals surface area contributed by atoms with Gasteiger partial charge < -0.3 is 5.32 Å². The van der Waals surface area contributed by atoms with E-state index >= 15 is 0 Å². The molecule has 0 bridgehead atoms. The van der Waals surface area contributed by atoms with Crippen LogP contribution in [0.5, 0.6) is 0 Å². The summed E-state index contributed by atoms with van der Waals surface area (Å²) in [6, 6.07) is 1.46. The molecule has 0 amide bonds. The van der Waals surface area contributed by atoms with E-state index in [4.69, 9.17) is 6.42 Å². The van der Waals surface area contributed by atoms with Crippen LogP contribution in [0.15, 0.2) is 0 Å². The Bertz CT molecular complexity index is 277. The fraction of sp³-hybridized carbons (Fsp3) is 0.875.